The monoisotopic (exact) mass is 773 g/mol. The van der Waals surface area contributed by atoms with Gasteiger partial charge in [0.25, 0.3) is 5.56 Å². The number of rotatable bonds is 7. The van der Waals surface area contributed by atoms with Gasteiger partial charge in [0.2, 0.25) is 0 Å². The molecule has 1 aliphatic heterocycles. The SMILES string of the molecule is CCOC(=O)C1=C(C)N=c2s/c(=C\c3cc(Br)cc(I)c3OCc3ccc(C#N)cc3)c(=O)n2[C@@H]1c1ccccc1Cl. The molecule has 4 aromatic rings. The number of benzene rings is 3. The molecule has 5 rings (SSSR count). The van der Waals surface area contributed by atoms with Crippen LogP contribution in [-0.2, 0) is 16.1 Å². The summed E-state index contributed by atoms with van der Waals surface area (Å²) in [6.07, 6.45) is 1.78. The quantitative estimate of drug-likeness (QED) is 0.163. The van der Waals surface area contributed by atoms with Crippen LogP contribution in [0.25, 0.3) is 6.08 Å². The van der Waals surface area contributed by atoms with Crippen LogP contribution in [0.2, 0.25) is 5.02 Å². The Hall–Kier alpha value is -3.24. The van der Waals surface area contributed by atoms with Crippen molar-refractivity contribution in [1.82, 2.24) is 4.57 Å². The van der Waals surface area contributed by atoms with E-state index in [1.54, 1.807) is 50.3 Å². The number of hydrogen-bond acceptors (Lipinski definition) is 7. The summed E-state index contributed by atoms with van der Waals surface area (Å²) in [5.74, 6) is 0.0676. The zero-order chi connectivity index (χ0) is 30.0. The molecule has 0 aliphatic carbocycles. The molecule has 0 N–H and O–H groups in total. The molecule has 0 fully saturated rings. The molecule has 0 radical (unpaired) electrons. The van der Waals surface area contributed by atoms with Crippen LogP contribution < -0.4 is 19.6 Å². The first-order chi connectivity index (χ1) is 20.2. The lowest BCUT2D eigenvalue weighted by molar-refractivity contribution is -0.139. The van der Waals surface area contributed by atoms with E-state index in [2.05, 4.69) is 49.6 Å². The van der Waals surface area contributed by atoms with Gasteiger partial charge in [0, 0.05) is 15.1 Å². The van der Waals surface area contributed by atoms with E-state index in [1.807, 2.05) is 30.3 Å². The molecule has 1 atom stereocenters. The van der Waals surface area contributed by atoms with Crippen LogP contribution in [0.15, 0.2) is 86.2 Å². The molecule has 0 saturated carbocycles. The molecule has 42 heavy (non-hydrogen) atoms. The number of nitrogens with zero attached hydrogens (tertiary/aromatic N) is 3. The topological polar surface area (TPSA) is 93.7 Å². The molecule has 2 heterocycles. The van der Waals surface area contributed by atoms with Gasteiger partial charge in [0.15, 0.2) is 4.80 Å². The van der Waals surface area contributed by atoms with Crippen molar-refractivity contribution >= 4 is 73.5 Å². The van der Waals surface area contributed by atoms with Gasteiger partial charge in [-0.25, -0.2) is 9.79 Å². The van der Waals surface area contributed by atoms with Crippen LogP contribution in [0.3, 0.4) is 0 Å². The van der Waals surface area contributed by atoms with Crippen molar-refractivity contribution in [2.75, 3.05) is 6.61 Å². The maximum absolute atomic E-state index is 14.1. The first-order valence-electron chi connectivity index (χ1n) is 12.8. The molecule has 212 valence electrons. The van der Waals surface area contributed by atoms with Crippen LogP contribution in [-0.4, -0.2) is 17.1 Å². The van der Waals surface area contributed by atoms with E-state index in [1.165, 1.54) is 15.9 Å². The Morgan fingerprint density at radius 1 is 1.24 bits per heavy atom. The smallest absolute Gasteiger partial charge is 0.338 e. The lowest BCUT2D eigenvalue weighted by atomic mass is 9.96. The Morgan fingerprint density at radius 3 is 2.67 bits per heavy atom. The highest BCUT2D eigenvalue weighted by atomic mass is 127. The highest BCUT2D eigenvalue weighted by Crippen LogP contribution is 2.35. The number of ether oxygens (including phenoxy) is 2. The van der Waals surface area contributed by atoms with Crippen molar-refractivity contribution in [2.45, 2.75) is 26.5 Å². The van der Waals surface area contributed by atoms with Crippen molar-refractivity contribution in [3.8, 4) is 11.8 Å². The fraction of sp³-hybridized carbons (Fsp3) is 0.161. The van der Waals surface area contributed by atoms with Gasteiger partial charge in [0.1, 0.15) is 18.4 Å². The molecule has 0 bridgehead atoms. The second kappa shape index (κ2) is 13.0. The number of thiazole rings is 1. The molecule has 7 nitrogen and oxygen atoms in total. The standard InChI is InChI=1S/C31H22BrClIN3O4S/c1-3-40-30(39)26-17(2)36-31-37(27(26)22-6-4-5-7-23(22)33)29(38)25(42-31)13-20-12-21(32)14-24(34)28(20)41-16-19-10-8-18(15-35)9-11-19/h4-14,27H,3,16H2,1-2H3/b25-13-/t27-/m1/s1. The Bertz CT molecular complexity index is 1960. The zero-order valence-electron chi connectivity index (χ0n) is 22.4. The highest BCUT2D eigenvalue weighted by molar-refractivity contribution is 14.1. The van der Waals surface area contributed by atoms with E-state index in [4.69, 9.17) is 26.3 Å². The van der Waals surface area contributed by atoms with E-state index in [0.29, 0.717) is 42.5 Å². The van der Waals surface area contributed by atoms with Gasteiger partial charge in [-0.2, -0.15) is 5.26 Å². The van der Waals surface area contributed by atoms with E-state index in [9.17, 15) is 9.59 Å². The van der Waals surface area contributed by atoms with Gasteiger partial charge in [-0.15, -0.1) is 0 Å². The summed E-state index contributed by atoms with van der Waals surface area (Å²) in [5, 5.41) is 9.50. The molecule has 1 aromatic heterocycles. The van der Waals surface area contributed by atoms with Gasteiger partial charge >= 0.3 is 5.97 Å². The molecule has 0 spiro atoms. The average molecular weight is 775 g/mol. The summed E-state index contributed by atoms with van der Waals surface area (Å²) in [7, 11) is 0. The first-order valence-corrected chi connectivity index (χ1v) is 15.8. The predicted octanol–water partition coefficient (Wildman–Crippen LogP) is 6.27. The summed E-state index contributed by atoms with van der Waals surface area (Å²) >= 11 is 13.6. The van der Waals surface area contributed by atoms with Crippen molar-refractivity contribution in [2.24, 2.45) is 4.99 Å². The number of esters is 1. The molecule has 1 aliphatic rings. The van der Waals surface area contributed by atoms with Crippen molar-refractivity contribution < 1.29 is 14.3 Å². The number of aromatic nitrogens is 1. The van der Waals surface area contributed by atoms with E-state index in [0.717, 1.165) is 13.6 Å². The number of carbonyl (C=O) groups excluding carboxylic acids is 1. The summed E-state index contributed by atoms with van der Waals surface area (Å²) in [6, 6.07) is 19.5. The van der Waals surface area contributed by atoms with Gasteiger partial charge in [-0.05, 0) is 84.0 Å². The van der Waals surface area contributed by atoms with Crippen LogP contribution in [0.1, 0.15) is 42.1 Å². The molecule has 3 aromatic carbocycles. The third-order valence-corrected chi connectivity index (χ3v) is 9.09. The lowest BCUT2D eigenvalue weighted by Gasteiger charge is -2.25. The molecule has 0 saturated heterocycles. The molecular formula is C31H22BrClIN3O4S. The third kappa shape index (κ3) is 6.10. The maximum Gasteiger partial charge on any atom is 0.338 e. The second-order valence-corrected chi connectivity index (χ2v) is 12.7. The van der Waals surface area contributed by atoms with Crippen molar-refractivity contribution in [1.29, 1.82) is 5.26 Å². The number of allylic oxidation sites excluding steroid dienone is 1. The molecule has 0 unspecified atom stereocenters. The highest BCUT2D eigenvalue weighted by Gasteiger charge is 2.34. The number of fused-ring (bicyclic) bond motifs is 1. The Labute approximate surface area is 272 Å². The fourth-order valence-corrected chi connectivity index (χ4v) is 7.58. The number of nitriles is 1. The van der Waals surface area contributed by atoms with E-state index >= 15 is 0 Å². The van der Waals surface area contributed by atoms with E-state index < -0.39 is 12.0 Å². The van der Waals surface area contributed by atoms with Gasteiger partial charge in [0.05, 0.1) is 37.6 Å². The second-order valence-electron chi connectivity index (χ2n) is 9.23. The predicted molar refractivity (Wildman–Crippen MR) is 174 cm³/mol. The molecule has 11 heteroatoms. The minimum atomic E-state index is -0.800. The first kappa shape index (κ1) is 30.2. The average Bonchev–Trinajstić information content (AvgIpc) is 3.26. The van der Waals surface area contributed by atoms with Crippen LogP contribution in [0.4, 0.5) is 0 Å². The molecular weight excluding hydrogens is 753 g/mol. The maximum atomic E-state index is 14.1. The molecule has 0 amide bonds. The summed E-state index contributed by atoms with van der Waals surface area (Å²) in [6.45, 7) is 3.93. The van der Waals surface area contributed by atoms with Crippen LogP contribution in [0.5, 0.6) is 5.75 Å². The Kier molecular flexibility index (Phi) is 9.32. The van der Waals surface area contributed by atoms with Gasteiger partial charge in [-0.3, -0.25) is 9.36 Å². The summed E-state index contributed by atoms with van der Waals surface area (Å²) in [4.78, 5) is 32.3. The lowest BCUT2D eigenvalue weighted by Crippen LogP contribution is -2.40. The largest absolute Gasteiger partial charge is 0.487 e. The van der Waals surface area contributed by atoms with Gasteiger partial charge in [-0.1, -0.05) is 69.2 Å². The number of hydrogen-bond donors (Lipinski definition) is 0. The van der Waals surface area contributed by atoms with Gasteiger partial charge < -0.3 is 9.47 Å². The number of carbonyl (C=O) groups is 1. The van der Waals surface area contributed by atoms with Crippen molar-refractivity contribution in [3.05, 3.63) is 127 Å². The fourth-order valence-electron chi connectivity index (χ4n) is 4.59. The Morgan fingerprint density at radius 2 is 1.98 bits per heavy atom. The third-order valence-electron chi connectivity index (χ3n) is 6.51. The minimum absolute atomic E-state index is 0.183. The van der Waals surface area contributed by atoms with Crippen molar-refractivity contribution in [3.63, 3.8) is 0 Å². The Balaban J connectivity index is 1.64. The van der Waals surface area contributed by atoms with Crippen LogP contribution in [0, 0.1) is 14.9 Å². The van der Waals surface area contributed by atoms with Crippen LogP contribution >= 0.6 is 61.5 Å². The summed E-state index contributed by atoms with van der Waals surface area (Å²) in [5.41, 5.74) is 3.20. The van der Waals surface area contributed by atoms with E-state index in [-0.39, 0.29) is 24.3 Å². The normalized spacial score (nSPS) is 14.7. The zero-order valence-corrected chi connectivity index (χ0v) is 27.7. The summed E-state index contributed by atoms with van der Waals surface area (Å²) < 4.78 is 15.2. The number of halogens is 3. The minimum Gasteiger partial charge on any atom is -0.487 e.